The number of carbonyl (C=O) groups excluding carboxylic acids is 1. The predicted molar refractivity (Wildman–Crippen MR) is 82.3 cm³/mol. The first-order chi connectivity index (χ1) is 9.23. The molecule has 112 valence electrons. The highest BCUT2D eigenvalue weighted by Crippen LogP contribution is 2.25. The Morgan fingerprint density at radius 3 is 2.55 bits per heavy atom. The molecule has 1 aromatic rings. The van der Waals surface area contributed by atoms with Crippen LogP contribution in [-0.2, 0) is 16.0 Å². The Bertz CT molecular complexity index is 487. The van der Waals surface area contributed by atoms with Crippen molar-refractivity contribution >= 4 is 29.3 Å². The summed E-state index contributed by atoms with van der Waals surface area (Å²) in [4.78, 5) is 20.4. The van der Waals surface area contributed by atoms with Crippen LogP contribution in [0.25, 0.3) is 0 Å². The Labute approximate surface area is 129 Å². The summed E-state index contributed by atoms with van der Waals surface area (Å²) in [5, 5.41) is 1.20. The standard InChI is InChI=1S/C14H21ClN2O2S/c1-6-7-10-16-12(15)9(2)13(17-10)20-8-11(18)19-14(3,4)5/h6-8H2,1-5H3. The lowest BCUT2D eigenvalue weighted by molar-refractivity contribution is -0.151. The average molecular weight is 317 g/mol. The fourth-order valence-electron chi connectivity index (χ4n) is 1.49. The number of aryl methyl sites for hydroxylation is 1. The second kappa shape index (κ2) is 7.27. The number of carbonyl (C=O) groups is 1. The molecular weight excluding hydrogens is 296 g/mol. The van der Waals surface area contributed by atoms with Crippen LogP contribution in [0.3, 0.4) is 0 Å². The van der Waals surface area contributed by atoms with Gasteiger partial charge in [0.2, 0.25) is 0 Å². The maximum absolute atomic E-state index is 11.7. The fourth-order valence-corrected chi connectivity index (χ4v) is 2.53. The van der Waals surface area contributed by atoms with Crippen molar-refractivity contribution in [3.05, 3.63) is 16.5 Å². The van der Waals surface area contributed by atoms with Crippen molar-refractivity contribution in [1.29, 1.82) is 0 Å². The molecule has 0 aliphatic rings. The number of rotatable bonds is 5. The van der Waals surface area contributed by atoms with Crippen molar-refractivity contribution in [3.8, 4) is 0 Å². The van der Waals surface area contributed by atoms with Crippen LogP contribution in [0.4, 0.5) is 0 Å². The predicted octanol–water partition coefficient (Wildman–Crippen LogP) is 3.82. The third kappa shape index (κ3) is 5.67. The maximum Gasteiger partial charge on any atom is 0.316 e. The number of halogens is 1. The van der Waals surface area contributed by atoms with Gasteiger partial charge in [-0.15, -0.1) is 0 Å². The molecule has 1 heterocycles. The molecule has 0 unspecified atom stereocenters. The van der Waals surface area contributed by atoms with E-state index < -0.39 is 5.60 Å². The average Bonchev–Trinajstić information content (AvgIpc) is 2.30. The van der Waals surface area contributed by atoms with Gasteiger partial charge < -0.3 is 4.74 Å². The van der Waals surface area contributed by atoms with E-state index in [9.17, 15) is 4.79 Å². The highest BCUT2D eigenvalue weighted by atomic mass is 35.5. The maximum atomic E-state index is 11.7. The highest BCUT2D eigenvalue weighted by molar-refractivity contribution is 7.99. The smallest absolute Gasteiger partial charge is 0.316 e. The molecule has 0 fully saturated rings. The van der Waals surface area contributed by atoms with Crippen LogP contribution in [0.2, 0.25) is 5.15 Å². The van der Waals surface area contributed by atoms with Crippen LogP contribution >= 0.6 is 23.4 Å². The molecule has 0 saturated heterocycles. The van der Waals surface area contributed by atoms with Crippen LogP contribution in [-0.4, -0.2) is 27.3 Å². The van der Waals surface area contributed by atoms with Gasteiger partial charge in [0.1, 0.15) is 21.6 Å². The molecule has 1 aromatic heterocycles. The lowest BCUT2D eigenvalue weighted by Crippen LogP contribution is -2.25. The molecule has 4 nitrogen and oxygen atoms in total. The van der Waals surface area contributed by atoms with Crippen molar-refractivity contribution < 1.29 is 9.53 Å². The van der Waals surface area contributed by atoms with E-state index in [2.05, 4.69) is 16.9 Å². The minimum atomic E-state index is -0.469. The highest BCUT2D eigenvalue weighted by Gasteiger charge is 2.17. The Balaban J connectivity index is 2.74. The van der Waals surface area contributed by atoms with Gasteiger partial charge in [-0.2, -0.15) is 0 Å². The lowest BCUT2D eigenvalue weighted by Gasteiger charge is -2.19. The third-order valence-electron chi connectivity index (χ3n) is 2.31. The van der Waals surface area contributed by atoms with Crippen molar-refractivity contribution in [2.24, 2.45) is 0 Å². The van der Waals surface area contributed by atoms with Crippen LogP contribution < -0.4 is 0 Å². The summed E-state index contributed by atoms with van der Waals surface area (Å²) in [5.74, 6) is 0.681. The number of thioether (sulfide) groups is 1. The van der Waals surface area contributed by atoms with E-state index in [4.69, 9.17) is 16.3 Å². The molecule has 0 saturated carbocycles. The summed E-state index contributed by atoms with van der Waals surface area (Å²) in [6, 6.07) is 0. The van der Waals surface area contributed by atoms with Crippen LogP contribution in [0.15, 0.2) is 5.03 Å². The summed E-state index contributed by atoms with van der Waals surface area (Å²) in [5.41, 5.74) is 0.337. The summed E-state index contributed by atoms with van der Waals surface area (Å²) < 4.78 is 5.27. The van der Waals surface area contributed by atoms with Gasteiger partial charge in [-0.05, 0) is 34.1 Å². The molecule has 0 aliphatic heterocycles. The molecule has 0 atom stereocenters. The summed E-state index contributed by atoms with van der Waals surface area (Å²) >= 11 is 7.44. The van der Waals surface area contributed by atoms with Gasteiger partial charge in [0, 0.05) is 12.0 Å². The largest absolute Gasteiger partial charge is 0.459 e. The second-order valence-corrected chi connectivity index (χ2v) is 6.81. The van der Waals surface area contributed by atoms with E-state index in [0.29, 0.717) is 5.15 Å². The number of esters is 1. The first kappa shape index (κ1) is 17.2. The molecular formula is C14H21ClN2O2S. The van der Waals surface area contributed by atoms with Crippen molar-refractivity contribution in [3.63, 3.8) is 0 Å². The normalized spacial score (nSPS) is 11.5. The monoisotopic (exact) mass is 316 g/mol. The molecule has 0 aromatic carbocycles. The van der Waals surface area contributed by atoms with E-state index in [1.54, 1.807) is 0 Å². The van der Waals surface area contributed by atoms with E-state index in [1.807, 2.05) is 27.7 Å². The lowest BCUT2D eigenvalue weighted by atomic mass is 10.2. The van der Waals surface area contributed by atoms with Gasteiger partial charge in [-0.25, -0.2) is 9.97 Å². The first-order valence-corrected chi connectivity index (χ1v) is 7.97. The summed E-state index contributed by atoms with van der Waals surface area (Å²) in [6.45, 7) is 9.46. The Morgan fingerprint density at radius 1 is 1.35 bits per heavy atom. The molecule has 20 heavy (non-hydrogen) atoms. The Kier molecular flexibility index (Phi) is 6.27. The van der Waals surface area contributed by atoms with E-state index in [-0.39, 0.29) is 11.7 Å². The Hall–Kier alpha value is -0.810. The second-order valence-electron chi connectivity index (χ2n) is 5.49. The van der Waals surface area contributed by atoms with E-state index in [0.717, 1.165) is 29.3 Å². The van der Waals surface area contributed by atoms with Crippen molar-refractivity contribution in [2.75, 3.05) is 5.75 Å². The van der Waals surface area contributed by atoms with Gasteiger partial charge >= 0.3 is 5.97 Å². The topological polar surface area (TPSA) is 52.1 Å². The first-order valence-electron chi connectivity index (χ1n) is 6.60. The molecule has 1 rings (SSSR count). The zero-order chi connectivity index (χ0) is 15.3. The fraction of sp³-hybridized carbons (Fsp3) is 0.643. The number of hydrogen-bond donors (Lipinski definition) is 0. The number of ether oxygens (including phenoxy) is 1. The SMILES string of the molecule is CCCc1nc(Cl)c(C)c(SCC(=O)OC(C)(C)C)n1. The van der Waals surface area contributed by atoms with E-state index >= 15 is 0 Å². The van der Waals surface area contributed by atoms with Crippen LogP contribution in [0, 0.1) is 6.92 Å². The molecule has 0 aliphatic carbocycles. The minimum absolute atomic E-state index is 0.219. The summed E-state index contributed by atoms with van der Waals surface area (Å²) in [6.07, 6.45) is 1.73. The minimum Gasteiger partial charge on any atom is -0.459 e. The molecule has 0 amide bonds. The zero-order valence-electron chi connectivity index (χ0n) is 12.6. The number of aromatic nitrogens is 2. The van der Waals surface area contributed by atoms with Gasteiger partial charge in [-0.1, -0.05) is 30.3 Å². The van der Waals surface area contributed by atoms with Crippen LogP contribution in [0.1, 0.15) is 45.5 Å². The molecule has 0 spiro atoms. The van der Waals surface area contributed by atoms with Gasteiger partial charge in [0.25, 0.3) is 0 Å². The quantitative estimate of drug-likeness (QED) is 0.469. The van der Waals surface area contributed by atoms with Gasteiger partial charge in [0.15, 0.2) is 0 Å². The number of nitrogens with zero attached hydrogens (tertiary/aromatic N) is 2. The van der Waals surface area contributed by atoms with Crippen molar-refractivity contribution in [1.82, 2.24) is 9.97 Å². The number of hydrogen-bond acceptors (Lipinski definition) is 5. The molecule has 0 N–H and O–H groups in total. The van der Waals surface area contributed by atoms with Gasteiger partial charge in [0.05, 0.1) is 5.75 Å². The Morgan fingerprint density at radius 2 is 2.00 bits per heavy atom. The van der Waals surface area contributed by atoms with Crippen molar-refractivity contribution in [2.45, 2.75) is 58.1 Å². The van der Waals surface area contributed by atoms with Crippen LogP contribution in [0.5, 0.6) is 0 Å². The van der Waals surface area contributed by atoms with E-state index in [1.165, 1.54) is 11.8 Å². The third-order valence-corrected chi connectivity index (χ3v) is 3.73. The molecule has 0 radical (unpaired) electrons. The van der Waals surface area contributed by atoms with Gasteiger partial charge in [-0.3, -0.25) is 4.79 Å². The zero-order valence-corrected chi connectivity index (χ0v) is 14.2. The summed E-state index contributed by atoms with van der Waals surface area (Å²) in [7, 11) is 0. The molecule has 6 heteroatoms. The molecule has 0 bridgehead atoms.